The van der Waals surface area contributed by atoms with Gasteiger partial charge >= 0.3 is 0 Å². The molecule has 1 aromatic carbocycles. The Kier molecular flexibility index (Phi) is 3.19. The first-order chi connectivity index (χ1) is 9.15. The lowest BCUT2D eigenvalue weighted by Gasteiger charge is -2.23. The molecule has 19 heavy (non-hydrogen) atoms. The second-order valence-corrected chi connectivity index (χ2v) is 5.68. The van der Waals surface area contributed by atoms with Gasteiger partial charge in [0.2, 0.25) is 5.91 Å². The Morgan fingerprint density at radius 2 is 2.21 bits per heavy atom. The van der Waals surface area contributed by atoms with Gasteiger partial charge in [-0.3, -0.25) is 9.69 Å². The lowest BCUT2D eigenvalue weighted by molar-refractivity contribution is 0.1000. The highest BCUT2D eigenvalue weighted by atomic mass is 16.1. The maximum absolute atomic E-state index is 11.2. The van der Waals surface area contributed by atoms with Crippen molar-refractivity contribution >= 4 is 11.6 Å². The minimum atomic E-state index is -0.363. The molecule has 3 N–H and O–H groups in total. The molecular weight excluding hydrogens is 238 g/mol. The van der Waals surface area contributed by atoms with Crippen molar-refractivity contribution in [3.8, 4) is 0 Å². The molecule has 4 heteroatoms. The minimum absolute atomic E-state index is 0.363. The SMILES string of the molecule is Cc1cc(C(N)=O)ccc1NC1CCN2CCCC12. The summed E-state index contributed by atoms with van der Waals surface area (Å²) in [7, 11) is 0. The number of hydrogen-bond donors (Lipinski definition) is 2. The average Bonchev–Trinajstić information content (AvgIpc) is 2.96. The van der Waals surface area contributed by atoms with Crippen LogP contribution in [0.4, 0.5) is 5.69 Å². The molecule has 0 bridgehead atoms. The second-order valence-electron chi connectivity index (χ2n) is 5.68. The Hall–Kier alpha value is -1.55. The molecule has 2 aliphatic rings. The topological polar surface area (TPSA) is 58.4 Å². The van der Waals surface area contributed by atoms with Gasteiger partial charge in [0.1, 0.15) is 0 Å². The number of rotatable bonds is 3. The highest BCUT2D eigenvalue weighted by molar-refractivity contribution is 5.93. The summed E-state index contributed by atoms with van der Waals surface area (Å²) in [4.78, 5) is 13.7. The molecule has 0 aromatic heterocycles. The van der Waals surface area contributed by atoms with Crippen LogP contribution in [0, 0.1) is 6.92 Å². The zero-order valence-electron chi connectivity index (χ0n) is 11.4. The fourth-order valence-electron chi connectivity index (χ4n) is 3.43. The van der Waals surface area contributed by atoms with Crippen LogP contribution >= 0.6 is 0 Å². The van der Waals surface area contributed by atoms with Gasteiger partial charge in [-0.15, -0.1) is 0 Å². The molecule has 2 fully saturated rings. The standard InChI is InChI=1S/C15H21N3O/c1-10-9-11(15(16)19)4-5-12(10)17-13-6-8-18-7-2-3-14(13)18/h4-5,9,13-14,17H,2-3,6-8H2,1H3,(H2,16,19). The molecular formula is C15H21N3O. The molecule has 1 aromatic rings. The molecule has 2 aliphatic heterocycles. The fraction of sp³-hybridized carbons (Fsp3) is 0.533. The molecule has 1 amide bonds. The third-order valence-corrected chi connectivity index (χ3v) is 4.46. The molecule has 102 valence electrons. The van der Waals surface area contributed by atoms with Gasteiger partial charge in [-0.05, 0) is 56.5 Å². The maximum atomic E-state index is 11.2. The highest BCUT2D eigenvalue weighted by Crippen LogP contribution is 2.30. The predicted molar refractivity (Wildman–Crippen MR) is 76.3 cm³/mol. The minimum Gasteiger partial charge on any atom is -0.380 e. The van der Waals surface area contributed by atoms with Crippen molar-refractivity contribution < 1.29 is 4.79 Å². The van der Waals surface area contributed by atoms with Gasteiger partial charge in [0.05, 0.1) is 0 Å². The van der Waals surface area contributed by atoms with Crippen molar-refractivity contribution in [3.63, 3.8) is 0 Å². The van der Waals surface area contributed by atoms with E-state index in [1.165, 1.54) is 32.4 Å². The van der Waals surface area contributed by atoms with Crippen molar-refractivity contribution in [2.24, 2.45) is 5.73 Å². The zero-order chi connectivity index (χ0) is 13.4. The summed E-state index contributed by atoms with van der Waals surface area (Å²) < 4.78 is 0. The number of nitrogens with zero attached hydrogens (tertiary/aromatic N) is 1. The van der Waals surface area contributed by atoms with E-state index in [2.05, 4.69) is 10.2 Å². The van der Waals surface area contributed by atoms with Gasteiger partial charge in [0, 0.05) is 29.9 Å². The van der Waals surface area contributed by atoms with Crippen LogP contribution in [0.1, 0.15) is 35.2 Å². The number of nitrogens with two attached hydrogens (primary N) is 1. The quantitative estimate of drug-likeness (QED) is 0.869. The van der Waals surface area contributed by atoms with Crippen LogP contribution in [0.15, 0.2) is 18.2 Å². The van der Waals surface area contributed by atoms with Crippen LogP contribution < -0.4 is 11.1 Å². The summed E-state index contributed by atoms with van der Waals surface area (Å²) in [6, 6.07) is 6.88. The number of anilines is 1. The van der Waals surface area contributed by atoms with E-state index in [-0.39, 0.29) is 5.91 Å². The first kappa shape index (κ1) is 12.5. The Morgan fingerprint density at radius 1 is 1.37 bits per heavy atom. The molecule has 0 saturated carbocycles. The van der Waals surface area contributed by atoms with Gasteiger partial charge < -0.3 is 11.1 Å². The largest absolute Gasteiger partial charge is 0.380 e. The number of hydrogen-bond acceptors (Lipinski definition) is 3. The number of aryl methyl sites for hydroxylation is 1. The van der Waals surface area contributed by atoms with Crippen molar-refractivity contribution in [2.45, 2.75) is 38.3 Å². The molecule has 2 atom stereocenters. The van der Waals surface area contributed by atoms with E-state index in [1.54, 1.807) is 6.07 Å². The Bertz CT molecular complexity index is 500. The molecule has 3 rings (SSSR count). The molecule has 2 saturated heterocycles. The van der Waals surface area contributed by atoms with E-state index in [1.807, 2.05) is 19.1 Å². The third-order valence-electron chi connectivity index (χ3n) is 4.46. The predicted octanol–water partition coefficient (Wildman–Crippen LogP) is 1.74. The lowest BCUT2D eigenvalue weighted by Crippen LogP contribution is -2.33. The van der Waals surface area contributed by atoms with Gasteiger partial charge in [-0.1, -0.05) is 0 Å². The number of nitrogens with one attached hydrogen (secondary N) is 1. The van der Waals surface area contributed by atoms with E-state index in [9.17, 15) is 4.79 Å². The number of carbonyl (C=O) groups is 1. The monoisotopic (exact) mass is 259 g/mol. The Balaban J connectivity index is 1.75. The number of fused-ring (bicyclic) bond motifs is 1. The number of benzene rings is 1. The van der Waals surface area contributed by atoms with Gasteiger partial charge in [0.25, 0.3) is 0 Å². The van der Waals surface area contributed by atoms with Gasteiger partial charge in [0.15, 0.2) is 0 Å². The smallest absolute Gasteiger partial charge is 0.248 e. The molecule has 0 radical (unpaired) electrons. The van der Waals surface area contributed by atoms with Crippen LogP contribution in [0.25, 0.3) is 0 Å². The third kappa shape index (κ3) is 2.32. The maximum Gasteiger partial charge on any atom is 0.248 e. The fourth-order valence-corrected chi connectivity index (χ4v) is 3.43. The summed E-state index contributed by atoms with van der Waals surface area (Å²) in [6.45, 7) is 4.49. The van der Waals surface area contributed by atoms with Crippen LogP contribution in [-0.4, -0.2) is 36.0 Å². The summed E-state index contributed by atoms with van der Waals surface area (Å²) in [5.41, 5.74) is 8.10. The van der Waals surface area contributed by atoms with Crippen molar-refractivity contribution in [3.05, 3.63) is 29.3 Å². The van der Waals surface area contributed by atoms with E-state index in [4.69, 9.17) is 5.73 Å². The molecule has 0 spiro atoms. The van der Waals surface area contributed by atoms with Crippen molar-refractivity contribution in [1.29, 1.82) is 0 Å². The van der Waals surface area contributed by atoms with E-state index in [0.29, 0.717) is 17.6 Å². The summed E-state index contributed by atoms with van der Waals surface area (Å²) in [5.74, 6) is -0.363. The van der Waals surface area contributed by atoms with Crippen LogP contribution in [0.2, 0.25) is 0 Å². The van der Waals surface area contributed by atoms with Crippen molar-refractivity contribution in [2.75, 3.05) is 18.4 Å². The molecule has 2 heterocycles. The first-order valence-corrected chi connectivity index (χ1v) is 7.06. The van der Waals surface area contributed by atoms with Crippen LogP contribution in [0.5, 0.6) is 0 Å². The van der Waals surface area contributed by atoms with E-state index >= 15 is 0 Å². The van der Waals surface area contributed by atoms with Crippen molar-refractivity contribution in [1.82, 2.24) is 4.90 Å². The zero-order valence-corrected chi connectivity index (χ0v) is 11.4. The second kappa shape index (κ2) is 4.85. The Morgan fingerprint density at radius 3 is 2.95 bits per heavy atom. The van der Waals surface area contributed by atoms with Gasteiger partial charge in [-0.25, -0.2) is 0 Å². The first-order valence-electron chi connectivity index (χ1n) is 7.06. The summed E-state index contributed by atoms with van der Waals surface area (Å²) >= 11 is 0. The van der Waals surface area contributed by atoms with E-state index in [0.717, 1.165) is 11.3 Å². The molecule has 4 nitrogen and oxygen atoms in total. The number of carbonyl (C=O) groups excluding carboxylic acids is 1. The summed E-state index contributed by atoms with van der Waals surface area (Å²) in [5, 5.41) is 3.65. The van der Waals surface area contributed by atoms with E-state index < -0.39 is 0 Å². The Labute approximate surface area is 114 Å². The van der Waals surface area contributed by atoms with Gasteiger partial charge in [-0.2, -0.15) is 0 Å². The van der Waals surface area contributed by atoms with Crippen LogP contribution in [-0.2, 0) is 0 Å². The number of amides is 1. The van der Waals surface area contributed by atoms with Crippen LogP contribution in [0.3, 0.4) is 0 Å². The number of primary amides is 1. The lowest BCUT2D eigenvalue weighted by atomic mass is 10.0. The molecule has 0 aliphatic carbocycles. The summed E-state index contributed by atoms with van der Waals surface area (Å²) in [6.07, 6.45) is 3.83. The average molecular weight is 259 g/mol. The highest BCUT2D eigenvalue weighted by Gasteiger charge is 2.37. The normalized spacial score (nSPS) is 26.4. The molecule has 2 unspecified atom stereocenters.